The molecule has 3 rings (SSSR count). The third-order valence-electron chi connectivity index (χ3n) is 4.34. The van der Waals surface area contributed by atoms with Crippen LogP contribution in [0.15, 0.2) is 30.3 Å². The van der Waals surface area contributed by atoms with Crippen molar-refractivity contribution in [3.8, 4) is 0 Å². The van der Waals surface area contributed by atoms with Crippen molar-refractivity contribution >= 4 is 11.8 Å². The van der Waals surface area contributed by atoms with Gasteiger partial charge in [-0.3, -0.25) is 14.3 Å². The first-order valence-electron chi connectivity index (χ1n) is 8.64. The first-order chi connectivity index (χ1) is 11.9. The van der Waals surface area contributed by atoms with Crippen LogP contribution in [-0.4, -0.2) is 33.7 Å². The van der Waals surface area contributed by atoms with E-state index in [1.54, 1.807) is 0 Å². The Labute approximate surface area is 147 Å². The van der Waals surface area contributed by atoms with Crippen LogP contribution in [0.3, 0.4) is 0 Å². The molecule has 1 aromatic heterocycles. The van der Waals surface area contributed by atoms with Crippen molar-refractivity contribution in [2.75, 3.05) is 0 Å². The van der Waals surface area contributed by atoms with Gasteiger partial charge in [0, 0.05) is 18.2 Å². The highest BCUT2D eigenvalue weighted by Crippen LogP contribution is 2.17. The van der Waals surface area contributed by atoms with Crippen molar-refractivity contribution in [1.29, 1.82) is 0 Å². The molecule has 0 fully saturated rings. The number of aromatic nitrogens is 2. The van der Waals surface area contributed by atoms with E-state index in [2.05, 4.69) is 15.7 Å². The highest BCUT2D eigenvalue weighted by atomic mass is 16.2. The van der Waals surface area contributed by atoms with Gasteiger partial charge >= 0.3 is 0 Å². The summed E-state index contributed by atoms with van der Waals surface area (Å²) >= 11 is 0. The molecule has 0 aliphatic carbocycles. The Morgan fingerprint density at radius 3 is 2.76 bits per heavy atom. The predicted octanol–water partition coefficient (Wildman–Crippen LogP) is 1.61. The zero-order chi connectivity index (χ0) is 18.0. The van der Waals surface area contributed by atoms with Crippen LogP contribution in [-0.2, 0) is 24.2 Å². The lowest BCUT2D eigenvalue weighted by Gasteiger charge is -2.13. The fourth-order valence-electron chi connectivity index (χ4n) is 3.11. The minimum absolute atomic E-state index is 0.0165. The molecule has 1 unspecified atom stereocenters. The molecule has 2 N–H and O–H groups in total. The molecule has 0 saturated carbocycles. The molecule has 0 bridgehead atoms. The van der Waals surface area contributed by atoms with Gasteiger partial charge in [0.05, 0.1) is 19.0 Å². The maximum Gasteiger partial charge on any atom is 0.271 e. The maximum atomic E-state index is 12.3. The van der Waals surface area contributed by atoms with Crippen molar-refractivity contribution in [2.45, 2.75) is 52.2 Å². The Kier molecular flexibility index (Phi) is 4.88. The highest BCUT2D eigenvalue weighted by Gasteiger charge is 2.26. The van der Waals surface area contributed by atoms with Gasteiger partial charge < -0.3 is 10.6 Å². The Bertz CT molecular complexity index is 771. The molecule has 6 nitrogen and oxygen atoms in total. The number of hydrogen-bond donors (Lipinski definition) is 2. The molecule has 2 aromatic rings. The van der Waals surface area contributed by atoms with Crippen LogP contribution in [0.4, 0.5) is 0 Å². The van der Waals surface area contributed by atoms with Gasteiger partial charge in [-0.25, -0.2) is 0 Å². The Morgan fingerprint density at radius 2 is 2.08 bits per heavy atom. The maximum absolute atomic E-state index is 12.3. The Morgan fingerprint density at radius 1 is 1.32 bits per heavy atom. The van der Waals surface area contributed by atoms with Crippen LogP contribution < -0.4 is 10.6 Å². The average molecular weight is 340 g/mol. The van der Waals surface area contributed by atoms with Gasteiger partial charge in [-0.15, -0.1) is 0 Å². The number of carbonyl (C=O) groups is 2. The summed E-state index contributed by atoms with van der Waals surface area (Å²) in [4.78, 5) is 24.3. The third kappa shape index (κ3) is 4.07. The number of amides is 2. The lowest BCUT2D eigenvalue weighted by molar-refractivity contribution is -0.121. The van der Waals surface area contributed by atoms with Gasteiger partial charge in [-0.1, -0.05) is 24.3 Å². The van der Waals surface area contributed by atoms with Gasteiger partial charge in [-0.05, 0) is 38.0 Å². The second kappa shape index (κ2) is 7.09. The first-order valence-corrected chi connectivity index (χ1v) is 8.64. The molecular formula is C19H24N4O2. The second-order valence-electron chi connectivity index (χ2n) is 6.90. The smallest absolute Gasteiger partial charge is 0.271 e. The van der Waals surface area contributed by atoms with Crippen LogP contribution in [0, 0.1) is 6.92 Å². The molecule has 6 heteroatoms. The molecule has 2 amide bonds. The van der Waals surface area contributed by atoms with E-state index < -0.39 is 0 Å². The number of nitrogens with one attached hydrogen (secondary N) is 2. The highest BCUT2D eigenvalue weighted by molar-refractivity contribution is 5.92. The van der Waals surface area contributed by atoms with Crippen LogP contribution in [0.5, 0.6) is 0 Å². The van der Waals surface area contributed by atoms with E-state index in [0.29, 0.717) is 25.1 Å². The summed E-state index contributed by atoms with van der Waals surface area (Å²) in [5, 5.41) is 10.3. The molecule has 0 spiro atoms. The Hall–Kier alpha value is -2.63. The summed E-state index contributed by atoms with van der Waals surface area (Å²) in [5.74, 6) is -0.139. The van der Waals surface area contributed by atoms with Gasteiger partial charge in [0.25, 0.3) is 5.91 Å². The molecule has 2 heterocycles. The number of aryl methyl sites for hydroxylation is 1. The SMILES string of the molecule is Cc1ccccc1CC(=O)NC1Cc2cc(C(=O)NC(C)C)nn2C1. The van der Waals surface area contributed by atoms with Crippen molar-refractivity contribution in [3.05, 3.63) is 52.8 Å². The van der Waals surface area contributed by atoms with E-state index in [1.165, 1.54) is 0 Å². The van der Waals surface area contributed by atoms with Gasteiger partial charge in [-0.2, -0.15) is 5.10 Å². The molecule has 1 aliphatic heterocycles. The molecule has 0 saturated heterocycles. The molecule has 0 radical (unpaired) electrons. The summed E-state index contributed by atoms with van der Waals surface area (Å²) in [6, 6.07) is 9.83. The first kappa shape index (κ1) is 17.2. The summed E-state index contributed by atoms with van der Waals surface area (Å²) in [7, 11) is 0. The number of rotatable bonds is 5. The van der Waals surface area contributed by atoms with E-state index in [0.717, 1.165) is 16.8 Å². The lowest BCUT2D eigenvalue weighted by atomic mass is 10.1. The second-order valence-corrected chi connectivity index (χ2v) is 6.90. The fourth-order valence-corrected chi connectivity index (χ4v) is 3.11. The van der Waals surface area contributed by atoms with Crippen molar-refractivity contribution in [2.24, 2.45) is 0 Å². The van der Waals surface area contributed by atoms with Crippen molar-refractivity contribution in [3.63, 3.8) is 0 Å². The standard InChI is InChI=1S/C19H24N4O2/c1-12(2)20-19(25)17-10-16-9-15(11-23(16)22-17)21-18(24)8-14-7-5-4-6-13(14)3/h4-7,10,12,15H,8-9,11H2,1-3H3,(H,20,25)(H,21,24). The number of hydrogen-bond acceptors (Lipinski definition) is 3. The molecule has 25 heavy (non-hydrogen) atoms. The van der Waals surface area contributed by atoms with E-state index in [4.69, 9.17) is 0 Å². The summed E-state index contributed by atoms with van der Waals surface area (Å²) in [6.07, 6.45) is 1.08. The van der Waals surface area contributed by atoms with Crippen LogP contribution in [0.1, 0.15) is 41.2 Å². The van der Waals surface area contributed by atoms with Crippen molar-refractivity contribution in [1.82, 2.24) is 20.4 Å². The van der Waals surface area contributed by atoms with Crippen LogP contribution >= 0.6 is 0 Å². The molecule has 1 aliphatic rings. The monoisotopic (exact) mass is 340 g/mol. The number of carbonyl (C=O) groups excluding carboxylic acids is 2. The van der Waals surface area contributed by atoms with E-state index in [1.807, 2.05) is 55.8 Å². The van der Waals surface area contributed by atoms with Gasteiger partial charge in [0.15, 0.2) is 0 Å². The van der Waals surface area contributed by atoms with Crippen LogP contribution in [0.25, 0.3) is 0 Å². The summed E-state index contributed by atoms with van der Waals surface area (Å²) in [6.45, 7) is 6.45. The molecule has 1 atom stereocenters. The fraction of sp³-hybridized carbons (Fsp3) is 0.421. The van der Waals surface area contributed by atoms with E-state index >= 15 is 0 Å². The Balaban J connectivity index is 1.56. The minimum atomic E-state index is -0.156. The van der Waals surface area contributed by atoms with E-state index in [-0.39, 0.29) is 23.9 Å². The van der Waals surface area contributed by atoms with Gasteiger partial charge in [0.1, 0.15) is 5.69 Å². The number of fused-ring (bicyclic) bond motifs is 1. The topological polar surface area (TPSA) is 76.0 Å². The largest absolute Gasteiger partial charge is 0.351 e. The van der Waals surface area contributed by atoms with Crippen LogP contribution in [0.2, 0.25) is 0 Å². The van der Waals surface area contributed by atoms with Crippen molar-refractivity contribution < 1.29 is 9.59 Å². The quantitative estimate of drug-likeness (QED) is 0.868. The zero-order valence-corrected chi connectivity index (χ0v) is 14.9. The lowest BCUT2D eigenvalue weighted by Crippen LogP contribution is -2.37. The third-order valence-corrected chi connectivity index (χ3v) is 4.34. The average Bonchev–Trinajstić information content (AvgIpc) is 3.07. The molecular weight excluding hydrogens is 316 g/mol. The number of benzene rings is 1. The van der Waals surface area contributed by atoms with Gasteiger partial charge in [0.2, 0.25) is 5.91 Å². The summed E-state index contributed by atoms with van der Waals surface area (Å²) in [5.41, 5.74) is 3.59. The zero-order valence-electron chi connectivity index (χ0n) is 14.9. The molecule has 132 valence electrons. The minimum Gasteiger partial charge on any atom is -0.351 e. The van der Waals surface area contributed by atoms with E-state index in [9.17, 15) is 9.59 Å². The molecule has 1 aromatic carbocycles. The normalized spacial score (nSPS) is 15.9. The summed E-state index contributed by atoms with van der Waals surface area (Å²) < 4.78 is 1.81. The number of nitrogens with zero attached hydrogens (tertiary/aromatic N) is 2. The predicted molar refractivity (Wildman–Crippen MR) is 95.3 cm³/mol.